The maximum absolute atomic E-state index is 14.2. The minimum absolute atomic E-state index is 0.0135. The van der Waals surface area contributed by atoms with Gasteiger partial charge in [-0.05, 0) is 50.7 Å². The molecule has 1 spiro atoms. The normalized spacial score (nSPS) is 44.3. The predicted molar refractivity (Wildman–Crippen MR) is 115 cm³/mol. The second-order valence-electron chi connectivity index (χ2n) is 10.7. The van der Waals surface area contributed by atoms with Crippen LogP contribution >= 0.6 is 0 Å². The van der Waals surface area contributed by atoms with E-state index in [1.165, 1.54) is 12.5 Å². The molecule has 168 valence electrons. The van der Waals surface area contributed by atoms with Gasteiger partial charge in [0.25, 0.3) is 0 Å². The number of hydrogen-bond donors (Lipinski definition) is 0. The first-order valence-corrected chi connectivity index (χ1v) is 12.0. The zero-order chi connectivity index (χ0) is 21.4. The maximum atomic E-state index is 14.2. The van der Waals surface area contributed by atoms with E-state index in [1.54, 1.807) is 6.07 Å². The third-order valence-electron chi connectivity index (χ3n) is 9.11. The van der Waals surface area contributed by atoms with Gasteiger partial charge in [0.15, 0.2) is 0 Å². The predicted octanol–water partition coefficient (Wildman–Crippen LogP) is 3.47. The summed E-state index contributed by atoms with van der Waals surface area (Å²) in [5.41, 5.74) is 0.186. The number of benzene rings is 1. The van der Waals surface area contributed by atoms with Gasteiger partial charge in [0, 0.05) is 44.6 Å². The SMILES string of the molecule is C[C@H]1CC[C@@H]2[C@@H](CN3CCN(c4ccccc4F)CC3)C(=O)O[C@@]23[C@H]1CC[C@]1(C)O[C@@H]31. The van der Waals surface area contributed by atoms with Gasteiger partial charge in [-0.1, -0.05) is 19.1 Å². The van der Waals surface area contributed by atoms with Gasteiger partial charge in [0.05, 0.1) is 17.2 Å². The largest absolute Gasteiger partial charge is 0.455 e. The Balaban J connectivity index is 1.17. The fourth-order valence-electron chi connectivity index (χ4n) is 7.42. The lowest BCUT2D eigenvalue weighted by Crippen LogP contribution is -2.58. The second kappa shape index (κ2) is 6.92. The Bertz CT molecular complexity index is 887. The molecule has 5 aliphatic rings. The molecule has 2 aliphatic carbocycles. The minimum atomic E-state index is -0.401. The molecule has 5 fully saturated rings. The zero-order valence-corrected chi connectivity index (χ0v) is 18.6. The van der Waals surface area contributed by atoms with Crippen molar-refractivity contribution in [3.63, 3.8) is 0 Å². The van der Waals surface area contributed by atoms with E-state index in [9.17, 15) is 9.18 Å². The molecular formula is C25H33FN2O3. The van der Waals surface area contributed by atoms with E-state index in [-0.39, 0.29) is 35.3 Å². The van der Waals surface area contributed by atoms with Crippen molar-refractivity contribution < 1.29 is 18.7 Å². The Hall–Kier alpha value is -1.66. The van der Waals surface area contributed by atoms with Crippen LogP contribution < -0.4 is 4.90 Å². The fraction of sp³-hybridized carbons (Fsp3) is 0.720. The fourth-order valence-corrected chi connectivity index (χ4v) is 7.42. The molecule has 5 nitrogen and oxygen atoms in total. The Morgan fingerprint density at radius 3 is 2.65 bits per heavy atom. The van der Waals surface area contributed by atoms with Crippen LogP contribution in [0.25, 0.3) is 0 Å². The standard InChI is InChI=1S/C25H33FN2O3/c1-16-7-8-19-17(22(29)30-25(19)18(16)9-10-24(2)23(25)31-24)15-27-11-13-28(14-12-27)21-6-4-3-5-20(21)26/h3-6,16-19,23H,7-15H2,1-2H3/t16-,17+,18-,19+,23+,24-,25-/m0/s1. The van der Waals surface area contributed by atoms with E-state index in [1.807, 2.05) is 12.1 Å². The van der Waals surface area contributed by atoms with E-state index in [0.717, 1.165) is 52.0 Å². The van der Waals surface area contributed by atoms with E-state index >= 15 is 0 Å². The summed E-state index contributed by atoms with van der Waals surface area (Å²) in [6.07, 6.45) is 4.50. The Morgan fingerprint density at radius 2 is 1.87 bits per heavy atom. The number of para-hydroxylation sites is 1. The number of nitrogens with zero attached hydrogens (tertiary/aromatic N) is 2. The number of fused-ring (bicyclic) bond motifs is 1. The molecule has 0 bridgehead atoms. The number of epoxide rings is 1. The molecule has 0 unspecified atom stereocenters. The summed E-state index contributed by atoms with van der Waals surface area (Å²) in [6.45, 7) is 8.52. The summed E-state index contributed by atoms with van der Waals surface area (Å²) < 4.78 is 26.7. The van der Waals surface area contributed by atoms with Crippen molar-refractivity contribution in [2.24, 2.45) is 23.7 Å². The van der Waals surface area contributed by atoms with Crippen molar-refractivity contribution in [2.45, 2.75) is 56.8 Å². The van der Waals surface area contributed by atoms with Crippen LogP contribution in [0.2, 0.25) is 0 Å². The van der Waals surface area contributed by atoms with E-state index in [4.69, 9.17) is 9.47 Å². The molecule has 3 aliphatic heterocycles. The molecule has 3 saturated heterocycles. The molecule has 1 aromatic rings. The smallest absolute Gasteiger partial charge is 0.311 e. The third kappa shape index (κ3) is 2.90. The summed E-state index contributed by atoms with van der Waals surface area (Å²) in [6, 6.07) is 6.99. The molecule has 3 heterocycles. The minimum Gasteiger partial charge on any atom is -0.455 e. The van der Waals surface area contributed by atoms with E-state index < -0.39 is 5.60 Å². The number of carbonyl (C=O) groups is 1. The van der Waals surface area contributed by atoms with Crippen LogP contribution in [-0.4, -0.2) is 60.9 Å². The van der Waals surface area contributed by atoms with Crippen molar-refractivity contribution in [1.29, 1.82) is 0 Å². The monoisotopic (exact) mass is 428 g/mol. The highest BCUT2D eigenvalue weighted by Gasteiger charge is 2.77. The molecule has 7 atom stereocenters. The van der Waals surface area contributed by atoms with E-state index in [0.29, 0.717) is 17.5 Å². The molecular weight excluding hydrogens is 395 g/mol. The van der Waals surface area contributed by atoms with Crippen LogP contribution in [0.1, 0.15) is 39.5 Å². The summed E-state index contributed by atoms with van der Waals surface area (Å²) in [5.74, 6) is 1.03. The van der Waals surface area contributed by atoms with Crippen LogP contribution in [0.3, 0.4) is 0 Å². The summed E-state index contributed by atoms with van der Waals surface area (Å²) in [7, 11) is 0. The number of carbonyl (C=O) groups excluding carboxylic acids is 1. The first-order valence-electron chi connectivity index (χ1n) is 12.0. The number of esters is 1. The van der Waals surface area contributed by atoms with Gasteiger partial charge in [0.1, 0.15) is 17.5 Å². The van der Waals surface area contributed by atoms with Gasteiger partial charge < -0.3 is 14.4 Å². The van der Waals surface area contributed by atoms with Gasteiger partial charge in [0.2, 0.25) is 0 Å². The third-order valence-corrected chi connectivity index (χ3v) is 9.11. The molecule has 31 heavy (non-hydrogen) atoms. The highest BCUT2D eigenvalue weighted by atomic mass is 19.1. The number of hydrogen-bond acceptors (Lipinski definition) is 5. The molecule has 0 amide bonds. The van der Waals surface area contributed by atoms with Crippen LogP contribution in [0, 0.1) is 29.5 Å². The number of piperazine rings is 1. The van der Waals surface area contributed by atoms with Gasteiger partial charge >= 0.3 is 5.97 Å². The first-order chi connectivity index (χ1) is 14.9. The lowest BCUT2D eigenvalue weighted by atomic mass is 9.55. The lowest BCUT2D eigenvalue weighted by Gasteiger charge is -2.50. The van der Waals surface area contributed by atoms with Crippen LogP contribution in [0.15, 0.2) is 24.3 Å². The van der Waals surface area contributed by atoms with Gasteiger partial charge in [-0.3, -0.25) is 9.69 Å². The average Bonchev–Trinajstić information content (AvgIpc) is 3.39. The molecule has 0 aromatic heterocycles. The lowest BCUT2D eigenvalue weighted by molar-refractivity contribution is -0.168. The van der Waals surface area contributed by atoms with Crippen LogP contribution in [0.4, 0.5) is 10.1 Å². The first kappa shape index (κ1) is 20.0. The Labute approximate surface area is 183 Å². The Morgan fingerprint density at radius 1 is 1.10 bits per heavy atom. The highest BCUT2D eigenvalue weighted by Crippen LogP contribution is 2.66. The quantitative estimate of drug-likeness (QED) is 0.545. The van der Waals surface area contributed by atoms with Gasteiger partial charge in [-0.25, -0.2) is 4.39 Å². The molecule has 6 heteroatoms. The highest BCUT2D eigenvalue weighted by molar-refractivity contribution is 5.77. The second-order valence-corrected chi connectivity index (χ2v) is 10.7. The van der Waals surface area contributed by atoms with Crippen molar-refractivity contribution in [1.82, 2.24) is 4.90 Å². The topological polar surface area (TPSA) is 45.3 Å². The van der Waals surface area contributed by atoms with Crippen LogP contribution in [0.5, 0.6) is 0 Å². The maximum Gasteiger partial charge on any atom is 0.311 e. The molecule has 0 N–H and O–H groups in total. The number of anilines is 1. The van der Waals surface area contributed by atoms with Crippen molar-refractivity contribution >= 4 is 11.7 Å². The van der Waals surface area contributed by atoms with Gasteiger partial charge in [-0.2, -0.15) is 0 Å². The van der Waals surface area contributed by atoms with Crippen LogP contribution in [-0.2, 0) is 14.3 Å². The number of halogens is 1. The zero-order valence-electron chi connectivity index (χ0n) is 18.6. The summed E-state index contributed by atoms with van der Waals surface area (Å²) in [4.78, 5) is 17.7. The van der Waals surface area contributed by atoms with Crippen molar-refractivity contribution in [2.75, 3.05) is 37.6 Å². The van der Waals surface area contributed by atoms with Crippen molar-refractivity contribution in [3.05, 3.63) is 30.1 Å². The molecule has 6 rings (SSSR count). The molecule has 0 radical (unpaired) electrons. The number of rotatable bonds is 3. The van der Waals surface area contributed by atoms with Crippen molar-refractivity contribution in [3.8, 4) is 0 Å². The molecule has 1 aromatic carbocycles. The number of ether oxygens (including phenoxy) is 2. The van der Waals surface area contributed by atoms with E-state index in [2.05, 4.69) is 23.6 Å². The summed E-state index contributed by atoms with van der Waals surface area (Å²) in [5, 5.41) is 0. The van der Waals surface area contributed by atoms with Gasteiger partial charge in [-0.15, -0.1) is 0 Å². The summed E-state index contributed by atoms with van der Waals surface area (Å²) >= 11 is 0. The molecule has 2 saturated carbocycles. The average molecular weight is 429 g/mol. The Kier molecular flexibility index (Phi) is 4.46.